The fourth-order valence-electron chi connectivity index (χ4n) is 3.06. The molecule has 8 heteroatoms. The van der Waals surface area contributed by atoms with Gasteiger partial charge < -0.3 is 24.8 Å². The van der Waals surface area contributed by atoms with Crippen molar-refractivity contribution in [2.45, 2.75) is 32.9 Å². The Morgan fingerprint density at radius 2 is 2.27 bits per heavy atom. The number of aromatic nitrogens is 2. The van der Waals surface area contributed by atoms with Crippen molar-refractivity contribution in [3.05, 3.63) is 36.0 Å². The Hall–Kier alpha value is -2.77. The largest absolute Gasteiger partial charge is 0.495 e. The highest BCUT2D eigenvalue weighted by molar-refractivity contribution is 5.80. The summed E-state index contributed by atoms with van der Waals surface area (Å²) in [5, 5.41) is 10.7. The van der Waals surface area contributed by atoms with Gasteiger partial charge in [0.25, 0.3) is 0 Å². The van der Waals surface area contributed by atoms with Gasteiger partial charge in [-0.05, 0) is 25.5 Å². The van der Waals surface area contributed by atoms with Crippen molar-refractivity contribution in [2.24, 2.45) is 4.99 Å². The third-order valence-corrected chi connectivity index (χ3v) is 4.25. The zero-order chi connectivity index (χ0) is 18.4. The molecule has 1 aliphatic rings. The molecule has 3 rings (SSSR count). The number of aliphatic imine (C=N–C) groups is 1. The van der Waals surface area contributed by atoms with Gasteiger partial charge in [-0.2, -0.15) is 4.98 Å². The summed E-state index contributed by atoms with van der Waals surface area (Å²) in [7, 11) is 1.71. The molecule has 1 aromatic heterocycles. The van der Waals surface area contributed by atoms with E-state index in [2.05, 4.69) is 36.7 Å². The summed E-state index contributed by atoms with van der Waals surface area (Å²) in [5.41, 5.74) is 1.13. The Labute approximate surface area is 153 Å². The normalized spacial score (nSPS) is 17.4. The summed E-state index contributed by atoms with van der Waals surface area (Å²) in [6.45, 7) is 6.86. The van der Waals surface area contributed by atoms with E-state index in [9.17, 15) is 0 Å². The van der Waals surface area contributed by atoms with Crippen molar-refractivity contribution in [3.63, 3.8) is 0 Å². The summed E-state index contributed by atoms with van der Waals surface area (Å²) in [6.07, 6.45) is 1.03. The van der Waals surface area contributed by atoms with Crippen LogP contribution in [0, 0.1) is 6.92 Å². The molecule has 140 valence electrons. The number of ether oxygens (including phenoxy) is 1. The van der Waals surface area contributed by atoms with Crippen molar-refractivity contribution in [2.75, 3.05) is 31.6 Å². The molecule has 0 radical (unpaired) electrons. The second-order valence-corrected chi connectivity index (χ2v) is 6.17. The molecule has 2 heterocycles. The maximum atomic E-state index is 5.48. The highest BCUT2D eigenvalue weighted by Gasteiger charge is 2.25. The standard InChI is InChI=1S/C18H26N6O2/c1-4-19-18(20-11-17-21-13(2)26-23-17)22-14-9-10-24(12-14)15-7-5-6-8-16(15)25-3/h5-8,14H,4,9-12H2,1-3H3,(H2,19,20,22). The number of aryl methyl sites for hydroxylation is 1. The maximum absolute atomic E-state index is 5.48. The number of hydrogen-bond acceptors (Lipinski definition) is 6. The van der Waals surface area contributed by atoms with E-state index >= 15 is 0 Å². The van der Waals surface area contributed by atoms with Crippen LogP contribution in [0.1, 0.15) is 25.1 Å². The van der Waals surface area contributed by atoms with Crippen molar-refractivity contribution < 1.29 is 9.26 Å². The number of nitrogens with zero attached hydrogens (tertiary/aromatic N) is 4. The second-order valence-electron chi connectivity index (χ2n) is 6.17. The summed E-state index contributed by atoms with van der Waals surface area (Å²) < 4.78 is 10.5. The zero-order valence-electron chi connectivity index (χ0n) is 15.5. The highest BCUT2D eigenvalue weighted by Crippen LogP contribution is 2.30. The number of guanidine groups is 1. The van der Waals surface area contributed by atoms with Gasteiger partial charge in [0.2, 0.25) is 5.89 Å². The van der Waals surface area contributed by atoms with Crippen LogP contribution in [-0.2, 0) is 6.54 Å². The molecule has 0 spiro atoms. The number of hydrogen-bond donors (Lipinski definition) is 2. The fourth-order valence-corrected chi connectivity index (χ4v) is 3.06. The van der Waals surface area contributed by atoms with Gasteiger partial charge >= 0.3 is 0 Å². The van der Waals surface area contributed by atoms with Gasteiger partial charge in [0.15, 0.2) is 11.8 Å². The molecular formula is C18H26N6O2. The summed E-state index contributed by atoms with van der Waals surface area (Å²) >= 11 is 0. The van der Waals surface area contributed by atoms with Gasteiger partial charge in [-0.1, -0.05) is 17.3 Å². The molecule has 1 atom stereocenters. The number of methoxy groups -OCH3 is 1. The number of anilines is 1. The van der Waals surface area contributed by atoms with Gasteiger partial charge in [0.05, 0.1) is 12.8 Å². The van der Waals surface area contributed by atoms with E-state index in [-0.39, 0.29) is 0 Å². The fraction of sp³-hybridized carbons (Fsp3) is 0.500. The van der Waals surface area contributed by atoms with Gasteiger partial charge in [-0.15, -0.1) is 0 Å². The minimum atomic E-state index is 0.310. The Kier molecular flexibility index (Phi) is 5.93. The lowest BCUT2D eigenvalue weighted by Gasteiger charge is -2.22. The predicted molar refractivity (Wildman–Crippen MR) is 101 cm³/mol. The first-order valence-electron chi connectivity index (χ1n) is 8.91. The van der Waals surface area contributed by atoms with E-state index in [1.807, 2.05) is 25.1 Å². The third kappa shape index (κ3) is 4.44. The van der Waals surface area contributed by atoms with Crippen LogP contribution >= 0.6 is 0 Å². The summed E-state index contributed by atoms with van der Waals surface area (Å²) in [5.74, 6) is 2.81. The van der Waals surface area contributed by atoms with E-state index < -0.39 is 0 Å². The van der Waals surface area contributed by atoms with Crippen molar-refractivity contribution in [3.8, 4) is 5.75 Å². The highest BCUT2D eigenvalue weighted by atomic mass is 16.5. The van der Waals surface area contributed by atoms with Crippen molar-refractivity contribution in [1.82, 2.24) is 20.8 Å². The molecule has 0 amide bonds. The molecule has 0 aliphatic carbocycles. The Balaban J connectivity index is 1.61. The minimum Gasteiger partial charge on any atom is -0.495 e. The average Bonchev–Trinajstić information content (AvgIpc) is 3.29. The predicted octanol–water partition coefficient (Wildman–Crippen LogP) is 1.72. The number of benzene rings is 1. The molecule has 1 aliphatic heterocycles. The molecule has 26 heavy (non-hydrogen) atoms. The quantitative estimate of drug-likeness (QED) is 0.600. The second kappa shape index (κ2) is 8.55. The Morgan fingerprint density at radius 3 is 3.00 bits per heavy atom. The molecule has 8 nitrogen and oxygen atoms in total. The average molecular weight is 358 g/mol. The monoisotopic (exact) mass is 358 g/mol. The van der Waals surface area contributed by atoms with Crippen LogP contribution in [0.5, 0.6) is 5.75 Å². The Morgan fingerprint density at radius 1 is 1.42 bits per heavy atom. The van der Waals surface area contributed by atoms with Gasteiger partial charge in [0, 0.05) is 32.6 Å². The SMILES string of the molecule is CCNC(=NCc1noc(C)n1)NC1CCN(c2ccccc2OC)C1. The van der Waals surface area contributed by atoms with Gasteiger partial charge in [-0.3, -0.25) is 0 Å². The lowest BCUT2D eigenvalue weighted by atomic mass is 10.2. The number of para-hydroxylation sites is 2. The van der Waals surface area contributed by atoms with Crippen LogP contribution in [0.4, 0.5) is 5.69 Å². The van der Waals surface area contributed by atoms with E-state index in [1.54, 1.807) is 14.0 Å². The Bertz CT molecular complexity index is 745. The molecule has 2 N–H and O–H groups in total. The number of rotatable bonds is 6. The molecule has 0 bridgehead atoms. The molecule has 1 saturated heterocycles. The van der Waals surface area contributed by atoms with Crippen molar-refractivity contribution in [1.29, 1.82) is 0 Å². The van der Waals surface area contributed by atoms with E-state index in [4.69, 9.17) is 9.26 Å². The molecule has 1 aromatic carbocycles. The van der Waals surface area contributed by atoms with Gasteiger partial charge in [0.1, 0.15) is 12.3 Å². The molecular weight excluding hydrogens is 332 g/mol. The summed E-state index contributed by atoms with van der Waals surface area (Å²) in [4.78, 5) is 11.1. The first-order chi connectivity index (χ1) is 12.7. The molecule has 1 unspecified atom stereocenters. The van der Waals surface area contributed by atoms with E-state index in [0.29, 0.717) is 24.3 Å². The van der Waals surface area contributed by atoms with Crippen LogP contribution in [0.15, 0.2) is 33.8 Å². The van der Waals surface area contributed by atoms with E-state index in [1.165, 1.54) is 0 Å². The smallest absolute Gasteiger partial charge is 0.223 e. The molecule has 1 fully saturated rings. The van der Waals surface area contributed by atoms with Crippen LogP contribution in [0.25, 0.3) is 0 Å². The number of nitrogens with one attached hydrogen (secondary N) is 2. The van der Waals surface area contributed by atoms with E-state index in [0.717, 1.165) is 43.5 Å². The lowest BCUT2D eigenvalue weighted by Crippen LogP contribution is -2.44. The first-order valence-corrected chi connectivity index (χ1v) is 8.91. The van der Waals surface area contributed by atoms with Gasteiger partial charge in [-0.25, -0.2) is 4.99 Å². The molecule has 0 saturated carbocycles. The first kappa shape index (κ1) is 18.0. The minimum absolute atomic E-state index is 0.310. The third-order valence-electron chi connectivity index (χ3n) is 4.25. The van der Waals surface area contributed by atoms with Crippen LogP contribution < -0.4 is 20.3 Å². The topological polar surface area (TPSA) is 87.8 Å². The van der Waals surface area contributed by atoms with Crippen LogP contribution in [-0.4, -0.2) is 48.9 Å². The zero-order valence-corrected chi connectivity index (χ0v) is 15.5. The van der Waals surface area contributed by atoms with Crippen LogP contribution in [0.2, 0.25) is 0 Å². The van der Waals surface area contributed by atoms with Crippen molar-refractivity contribution >= 4 is 11.6 Å². The maximum Gasteiger partial charge on any atom is 0.223 e. The molecule has 2 aromatic rings. The van der Waals surface area contributed by atoms with Crippen LogP contribution in [0.3, 0.4) is 0 Å². The lowest BCUT2D eigenvalue weighted by molar-refractivity contribution is 0.387. The summed E-state index contributed by atoms with van der Waals surface area (Å²) in [6, 6.07) is 8.43.